The molecule has 0 saturated carbocycles. The van der Waals surface area contributed by atoms with Crippen LogP contribution in [0.5, 0.6) is 0 Å². The first-order valence-corrected chi connectivity index (χ1v) is 6.73. The zero-order chi connectivity index (χ0) is 12.0. The van der Waals surface area contributed by atoms with Gasteiger partial charge in [0.25, 0.3) is 0 Å². The van der Waals surface area contributed by atoms with Gasteiger partial charge in [0.15, 0.2) is 0 Å². The van der Waals surface area contributed by atoms with Gasteiger partial charge in [0, 0.05) is 13.1 Å². The van der Waals surface area contributed by atoms with Crippen LogP contribution in [-0.2, 0) is 11.1 Å². The third-order valence-corrected chi connectivity index (χ3v) is 2.82. The molecule has 0 aliphatic carbocycles. The van der Waals surface area contributed by atoms with Gasteiger partial charge in [0.2, 0.25) is 0 Å². The van der Waals surface area contributed by atoms with E-state index < -0.39 is 7.60 Å². The fourth-order valence-corrected chi connectivity index (χ4v) is 2.21. The number of hydrogen-bond donors (Lipinski definition) is 3. The molecule has 0 atom stereocenters. The van der Waals surface area contributed by atoms with Crippen LogP contribution in [0.4, 0.5) is 0 Å². The van der Waals surface area contributed by atoms with Crippen LogP contribution < -0.4 is 0 Å². The predicted octanol–water partition coefficient (Wildman–Crippen LogP) is 0.616. The topological polar surface area (TPSA) is 81.0 Å². The molecule has 1 aromatic rings. The summed E-state index contributed by atoms with van der Waals surface area (Å²) in [7, 11) is -4.07. The van der Waals surface area contributed by atoms with Crippen molar-refractivity contribution in [1.29, 1.82) is 0 Å². The molecule has 0 aromatic heterocycles. The highest BCUT2D eigenvalue weighted by atomic mass is 31.2. The first kappa shape index (κ1) is 13.4. The Morgan fingerprint density at radius 1 is 1.19 bits per heavy atom. The van der Waals surface area contributed by atoms with Crippen molar-refractivity contribution < 1.29 is 19.5 Å². The maximum Gasteiger partial charge on any atom is 0.339 e. The molecule has 0 bridgehead atoms. The summed E-state index contributed by atoms with van der Waals surface area (Å²) in [5, 5.41) is 8.82. The summed E-state index contributed by atoms with van der Waals surface area (Å²) in [6.07, 6.45) is -0.331. The second-order valence-electron chi connectivity index (χ2n) is 3.57. The summed E-state index contributed by atoms with van der Waals surface area (Å²) in [5.41, 5.74) is 0.962. The molecule has 0 fully saturated rings. The van der Waals surface area contributed by atoms with Gasteiger partial charge in [-0.05, 0) is 5.56 Å². The third-order valence-electron chi connectivity index (χ3n) is 2.05. The molecule has 0 amide bonds. The fraction of sp³-hybridized carbons (Fsp3) is 0.400. The first-order chi connectivity index (χ1) is 7.51. The summed E-state index contributed by atoms with van der Waals surface area (Å²) >= 11 is 0. The van der Waals surface area contributed by atoms with E-state index in [-0.39, 0.29) is 19.4 Å². The van der Waals surface area contributed by atoms with E-state index in [0.29, 0.717) is 6.54 Å². The normalized spacial score (nSPS) is 12.0. The van der Waals surface area contributed by atoms with Gasteiger partial charge in [-0.25, -0.2) is 0 Å². The quantitative estimate of drug-likeness (QED) is 0.640. The van der Waals surface area contributed by atoms with E-state index in [1.807, 2.05) is 30.3 Å². The lowest BCUT2D eigenvalue weighted by Gasteiger charge is -2.21. The molecule has 16 heavy (non-hydrogen) atoms. The summed E-state index contributed by atoms with van der Waals surface area (Å²) in [4.78, 5) is 19.3. The Kier molecular flexibility index (Phi) is 5.12. The minimum absolute atomic E-state index is 0.118. The van der Waals surface area contributed by atoms with Crippen molar-refractivity contribution in [3.63, 3.8) is 0 Å². The van der Waals surface area contributed by atoms with Crippen molar-refractivity contribution in [3.8, 4) is 0 Å². The summed E-state index contributed by atoms with van der Waals surface area (Å²) in [5.74, 6) is 0. The van der Waals surface area contributed by atoms with Gasteiger partial charge in [0.05, 0.1) is 6.61 Å². The minimum atomic E-state index is -4.07. The average Bonchev–Trinajstić information content (AvgIpc) is 2.17. The molecule has 0 heterocycles. The maximum absolute atomic E-state index is 10.9. The number of nitrogens with zero attached hydrogens (tertiary/aromatic N) is 1. The van der Waals surface area contributed by atoms with Crippen LogP contribution in [0, 0.1) is 0 Å². The number of aliphatic hydroxyl groups excluding tert-OH is 1. The highest BCUT2D eigenvalue weighted by molar-refractivity contribution is 7.51. The Hall–Kier alpha value is -0.710. The van der Waals surface area contributed by atoms with Crippen molar-refractivity contribution in [2.75, 3.05) is 19.4 Å². The Bertz CT molecular complexity index is 351. The molecule has 0 aliphatic heterocycles. The Morgan fingerprint density at radius 3 is 2.31 bits per heavy atom. The molecular weight excluding hydrogens is 229 g/mol. The van der Waals surface area contributed by atoms with Crippen molar-refractivity contribution in [1.82, 2.24) is 4.90 Å². The molecule has 0 unspecified atom stereocenters. The molecule has 1 rings (SSSR count). The number of aliphatic hydroxyl groups is 1. The molecule has 90 valence electrons. The highest BCUT2D eigenvalue weighted by Crippen LogP contribution is 2.35. The number of hydrogen-bond acceptors (Lipinski definition) is 3. The van der Waals surface area contributed by atoms with E-state index >= 15 is 0 Å². The van der Waals surface area contributed by atoms with Crippen LogP contribution >= 0.6 is 7.60 Å². The Balaban J connectivity index is 2.61. The van der Waals surface area contributed by atoms with Gasteiger partial charge in [0.1, 0.15) is 6.29 Å². The molecule has 1 aromatic carbocycles. The van der Waals surface area contributed by atoms with E-state index in [9.17, 15) is 4.57 Å². The van der Waals surface area contributed by atoms with Crippen LogP contribution in [0.2, 0.25) is 0 Å². The molecule has 0 radical (unpaired) electrons. The molecule has 6 heteroatoms. The summed E-state index contributed by atoms with van der Waals surface area (Å²) in [6.45, 7) is 0.555. The number of benzene rings is 1. The molecule has 0 spiro atoms. The molecular formula is C10H16NO4P. The van der Waals surface area contributed by atoms with Gasteiger partial charge in [-0.1, -0.05) is 30.3 Å². The minimum Gasteiger partial charge on any atom is -0.395 e. The molecule has 5 nitrogen and oxygen atoms in total. The smallest absolute Gasteiger partial charge is 0.339 e. The van der Waals surface area contributed by atoms with Crippen molar-refractivity contribution in [2.45, 2.75) is 6.54 Å². The Labute approximate surface area is 94.5 Å². The second-order valence-corrected chi connectivity index (χ2v) is 5.18. The van der Waals surface area contributed by atoms with Crippen molar-refractivity contribution in [3.05, 3.63) is 35.9 Å². The van der Waals surface area contributed by atoms with E-state index in [0.717, 1.165) is 5.56 Å². The molecule has 0 saturated heterocycles. The van der Waals surface area contributed by atoms with E-state index in [1.165, 1.54) is 4.90 Å². The van der Waals surface area contributed by atoms with Gasteiger partial charge in [-0.15, -0.1) is 0 Å². The Morgan fingerprint density at radius 2 is 1.81 bits per heavy atom. The van der Waals surface area contributed by atoms with E-state index in [1.54, 1.807) is 0 Å². The van der Waals surface area contributed by atoms with Gasteiger partial charge in [-0.3, -0.25) is 9.46 Å². The van der Waals surface area contributed by atoms with Crippen molar-refractivity contribution in [2.24, 2.45) is 0 Å². The lowest BCUT2D eigenvalue weighted by Crippen LogP contribution is -2.27. The largest absolute Gasteiger partial charge is 0.395 e. The zero-order valence-corrected chi connectivity index (χ0v) is 9.75. The second kappa shape index (κ2) is 6.13. The lowest BCUT2D eigenvalue weighted by atomic mass is 10.2. The predicted molar refractivity (Wildman–Crippen MR) is 60.8 cm³/mol. The standard InChI is InChI=1S/C10H16NO4P/c12-7-6-11(9-16(13,14)15)8-10-4-2-1-3-5-10/h1-5,12H,6-9H2,(H2,13,14,15). The van der Waals surface area contributed by atoms with Gasteiger partial charge < -0.3 is 14.9 Å². The van der Waals surface area contributed by atoms with Crippen LogP contribution in [0.15, 0.2) is 30.3 Å². The summed E-state index contributed by atoms with van der Waals surface area (Å²) < 4.78 is 10.9. The van der Waals surface area contributed by atoms with Crippen LogP contribution in [0.3, 0.4) is 0 Å². The highest BCUT2D eigenvalue weighted by Gasteiger charge is 2.18. The third kappa shape index (κ3) is 5.39. The first-order valence-electron chi connectivity index (χ1n) is 4.93. The van der Waals surface area contributed by atoms with Crippen molar-refractivity contribution >= 4 is 7.60 Å². The zero-order valence-electron chi connectivity index (χ0n) is 8.86. The van der Waals surface area contributed by atoms with E-state index in [2.05, 4.69) is 0 Å². The SMILES string of the molecule is O=P(O)(O)CN(CCO)Cc1ccccc1. The maximum atomic E-state index is 10.9. The van der Waals surface area contributed by atoms with E-state index in [4.69, 9.17) is 14.9 Å². The van der Waals surface area contributed by atoms with Gasteiger partial charge in [-0.2, -0.15) is 0 Å². The van der Waals surface area contributed by atoms with Crippen LogP contribution in [-0.4, -0.2) is 39.2 Å². The molecule has 3 N–H and O–H groups in total. The summed E-state index contributed by atoms with van der Waals surface area (Å²) in [6, 6.07) is 9.37. The monoisotopic (exact) mass is 245 g/mol. The lowest BCUT2D eigenvalue weighted by molar-refractivity contribution is 0.199. The average molecular weight is 245 g/mol. The van der Waals surface area contributed by atoms with Crippen LogP contribution in [0.25, 0.3) is 0 Å². The van der Waals surface area contributed by atoms with Gasteiger partial charge >= 0.3 is 7.60 Å². The number of rotatable bonds is 6. The van der Waals surface area contributed by atoms with Crippen LogP contribution in [0.1, 0.15) is 5.56 Å². The molecule has 0 aliphatic rings. The fourth-order valence-electron chi connectivity index (χ4n) is 1.44.